The summed E-state index contributed by atoms with van der Waals surface area (Å²) in [5.41, 5.74) is 3.23. The maximum atomic E-state index is 12.8. The molecule has 3 rings (SSSR count). The van der Waals surface area contributed by atoms with Gasteiger partial charge in [0.15, 0.2) is 11.5 Å². The van der Waals surface area contributed by atoms with Gasteiger partial charge in [0.2, 0.25) is 0 Å². The van der Waals surface area contributed by atoms with Gasteiger partial charge >= 0.3 is 0 Å². The molecule has 166 valence electrons. The summed E-state index contributed by atoms with van der Waals surface area (Å²) in [7, 11) is -1.09. The van der Waals surface area contributed by atoms with Gasteiger partial charge in [0.05, 0.1) is 31.0 Å². The van der Waals surface area contributed by atoms with Gasteiger partial charge in [-0.25, -0.2) is 13.8 Å². The number of phenols is 1. The predicted molar refractivity (Wildman–Crippen MR) is 120 cm³/mol. The molecular weight excluding hydrogens is 434 g/mol. The maximum Gasteiger partial charge on any atom is 0.271 e. The summed E-state index contributed by atoms with van der Waals surface area (Å²) in [6.45, 7) is 0. The van der Waals surface area contributed by atoms with Crippen molar-refractivity contribution in [2.75, 3.05) is 18.9 Å². The molecule has 32 heavy (non-hydrogen) atoms. The Morgan fingerprint density at radius 3 is 2.44 bits per heavy atom. The number of hydrogen-bond donors (Lipinski definition) is 3. The van der Waals surface area contributed by atoms with E-state index < -0.39 is 15.9 Å². The summed E-state index contributed by atoms with van der Waals surface area (Å²) in [5.74, 6) is 0.00590. The standard InChI is InChI=1S/C22H21N3O6S/c1-30-20-9-4-3-8-18(20)25-32(28,29)17-7-5-6-16(13-17)22(27)24-23-14-15-10-11-21(31-2)19(26)12-15/h3-14,25-26H,1-2H3,(H,24,27). The third-order valence-electron chi connectivity index (χ3n) is 4.34. The summed E-state index contributed by atoms with van der Waals surface area (Å²) in [6.07, 6.45) is 1.33. The van der Waals surface area contributed by atoms with E-state index in [0.717, 1.165) is 0 Å². The van der Waals surface area contributed by atoms with Gasteiger partial charge in [0.25, 0.3) is 15.9 Å². The highest BCUT2D eigenvalue weighted by molar-refractivity contribution is 7.92. The molecule has 0 aliphatic heterocycles. The topological polar surface area (TPSA) is 126 Å². The molecule has 0 unspecified atom stereocenters. The summed E-state index contributed by atoms with van der Waals surface area (Å²) in [4.78, 5) is 12.3. The average molecular weight is 455 g/mol. The van der Waals surface area contributed by atoms with Crippen molar-refractivity contribution in [3.8, 4) is 17.2 Å². The molecule has 9 nitrogen and oxygen atoms in total. The van der Waals surface area contributed by atoms with E-state index in [1.165, 1.54) is 50.8 Å². The van der Waals surface area contributed by atoms with Crippen LogP contribution >= 0.6 is 0 Å². The number of hydrazone groups is 1. The SMILES string of the molecule is COc1ccc(C=NNC(=O)c2cccc(S(=O)(=O)Nc3ccccc3OC)c2)cc1O. The van der Waals surface area contributed by atoms with E-state index in [1.807, 2.05) is 0 Å². The van der Waals surface area contributed by atoms with Crippen molar-refractivity contribution in [1.29, 1.82) is 0 Å². The van der Waals surface area contributed by atoms with Crippen molar-refractivity contribution in [1.82, 2.24) is 5.43 Å². The van der Waals surface area contributed by atoms with Crippen LogP contribution in [-0.2, 0) is 10.0 Å². The molecule has 0 bridgehead atoms. The molecule has 0 fully saturated rings. The highest BCUT2D eigenvalue weighted by atomic mass is 32.2. The smallest absolute Gasteiger partial charge is 0.271 e. The minimum Gasteiger partial charge on any atom is -0.504 e. The summed E-state index contributed by atoms with van der Waals surface area (Å²) in [5, 5.41) is 13.6. The zero-order valence-corrected chi connectivity index (χ0v) is 18.1. The molecule has 10 heteroatoms. The molecule has 0 aliphatic rings. The van der Waals surface area contributed by atoms with Gasteiger partial charge < -0.3 is 14.6 Å². The number of hydrogen-bond acceptors (Lipinski definition) is 7. The van der Waals surface area contributed by atoms with Crippen LogP contribution in [0.25, 0.3) is 0 Å². The number of carbonyl (C=O) groups is 1. The molecule has 0 heterocycles. The van der Waals surface area contributed by atoms with E-state index in [-0.39, 0.29) is 21.9 Å². The number of carbonyl (C=O) groups excluding carboxylic acids is 1. The zero-order chi connectivity index (χ0) is 23.1. The molecule has 0 spiro atoms. The first-order valence-electron chi connectivity index (χ1n) is 9.30. The molecular formula is C22H21N3O6S. The Balaban J connectivity index is 1.73. The number of ether oxygens (including phenoxy) is 2. The van der Waals surface area contributed by atoms with Gasteiger partial charge in [0, 0.05) is 5.56 Å². The first-order valence-corrected chi connectivity index (χ1v) is 10.8. The molecule has 0 aliphatic carbocycles. The largest absolute Gasteiger partial charge is 0.504 e. The Hall–Kier alpha value is -4.05. The van der Waals surface area contributed by atoms with E-state index in [9.17, 15) is 18.3 Å². The molecule has 0 atom stereocenters. The number of sulfonamides is 1. The van der Waals surface area contributed by atoms with Crippen molar-refractivity contribution in [2.45, 2.75) is 4.90 Å². The number of nitrogens with one attached hydrogen (secondary N) is 2. The van der Waals surface area contributed by atoms with Crippen LogP contribution in [0.1, 0.15) is 15.9 Å². The minimum absolute atomic E-state index is 0.0665. The lowest BCUT2D eigenvalue weighted by Crippen LogP contribution is -2.19. The first kappa shape index (κ1) is 22.6. The fraction of sp³-hybridized carbons (Fsp3) is 0.0909. The van der Waals surface area contributed by atoms with Crippen LogP contribution in [0.15, 0.2) is 76.7 Å². The molecule has 0 saturated carbocycles. The first-order chi connectivity index (χ1) is 15.3. The number of amides is 1. The number of rotatable bonds is 8. The van der Waals surface area contributed by atoms with Crippen molar-refractivity contribution in [2.24, 2.45) is 5.10 Å². The van der Waals surface area contributed by atoms with Crippen molar-refractivity contribution >= 4 is 27.8 Å². The summed E-state index contributed by atoms with van der Waals surface area (Å²) < 4.78 is 38.1. The van der Waals surface area contributed by atoms with E-state index in [1.54, 1.807) is 36.4 Å². The molecule has 0 radical (unpaired) electrons. The molecule has 3 N–H and O–H groups in total. The third-order valence-corrected chi connectivity index (χ3v) is 5.70. The summed E-state index contributed by atoms with van der Waals surface area (Å²) >= 11 is 0. The summed E-state index contributed by atoms with van der Waals surface area (Å²) in [6, 6.07) is 16.7. The number of phenolic OH excluding ortho intramolecular Hbond substituents is 1. The quantitative estimate of drug-likeness (QED) is 0.354. The second-order valence-electron chi connectivity index (χ2n) is 6.46. The zero-order valence-electron chi connectivity index (χ0n) is 17.3. The Kier molecular flexibility index (Phi) is 6.96. The number of para-hydroxylation sites is 2. The lowest BCUT2D eigenvalue weighted by atomic mass is 10.2. The van der Waals surface area contributed by atoms with Crippen LogP contribution in [-0.4, -0.2) is 39.9 Å². The van der Waals surface area contributed by atoms with Gasteiger partial charge in [0.1, 0.15) is 5.75 Å². The number of aromatic hydroxyl groups is 1. The fourth-order valence-corrected chi connectivity index (χ4v) is 3.87. The fourth-order valence-electron chi connectivity index (χ4n) is 2.75. The Labute approximate surface area is 185 Å². The highest BCUT2D eigenvalue weighted by Gasteiger charge is 2.18. The number of nitrogens with zero attached hydrogens (tertiary/aromatic N) is 1. The van der Waals surface area contributed by atoms with Gasteiger partial charge in [-0.15, -0.1) is 0 Å². The van der Waals surface area contributed by atoms with Gasteiger partial charge in [-0.1, -0.05) is 18.2 Å². The second-order valence-corrected chi connectivity index (χ2v) is 8.15. The van der Waals surface area contributed by atoms with Gasteiger partial charge in [-0.3, -0.25) is 9.52 Å². The monoisotopic (exact) mass is 455 g/mol. The predicted octanol–water partition coefficient (Wildman–Crippen LogP) is 2.97. The van der Waals surface area contributed by atoms with Crippen LogP contribution in [0, 0.1) is 0 Å². The van der Waals surface area contributed by atoms with Crippen molar-refractivity contribution < 1.29 is 27.8 Å². The van der Waals surface area contributed by atoms with Crippen LogP contribution < -0.4 is 19.6 Å². The minimum atomic E-state index is -3.96. The lowest BCUT2D eigenvalue weighted by molar-refractivity contribution is 0.0955. The molecule has 0 saturated heterocycles. The average Bonchev–Trinajstić information content (AvgIpc) is 2.79. The molecule has 1 amide bonds. The van der Waals surface area contributed by atoms with Crippen LogP contribution in [0.2, 0.25) is 0 Å². The van der Waals surface area contributed by atoms with Crippen molar-refractivity contribution in [3.63, 3.8) is 0 Å². The molecule has 3 aromatic carbocycles. The Bertz CT molecular complexity index is 1260. The van der Waals surface area contributed by atoms with Crippen LogP contribution in [0.3, 0.4) is 0 Å². The molecule has 3 aromatic rings. The third kappa shape index (κ3) is 5.35. The number of methoxy groups -OCH3 is 2. The normalized spacial score (nSPS) is 11.2. The van der Waals surface area contributed by atoms with Crippen LogP contribution in [0.5, 0.6) is 17.2 Å². The maximum absolute atomic E-state index is 12.8. The van der Waals surface area contributed by atoms with E-state index in [0.29, 0.717) is 17.1 Å². The Morgan fingerprint density at radius 2 is 1.72 bits per heavy atom. The van der Waals surface area contributed by atoms with Gasteiger partial charge in [-0.05, 0) is 54.1 Å². The second kappa shape index (κ2) is 9.84. The molecule has 0 aromatic heterocycles. The van der Waals surface area contributed by atoms with E-state index in [4.69, 9.17) is 9.47 Å². The van der Waals surface area contributed by atoms with E-state index in [2.05, 4.69) is 15.2 Å². The Morgan fingerprint density at radius 1 is 0.969 bits per heavy atom. The number of benzene rings is 3. The lowest BCUT2D eigenvalue weighted by Gasteiger charge is -2.12. The van der Waals surface area contributed by atoms with Crippen molar-refractivity contribution in [3.05, 3.63) is 77.9 Å². The van der Waals surface area contributed by atoms with Gasteiger partial charge in [-0.2, -0.15) is 5.10 Å². The van der Waals surface area contributed by atoms with Crippen LogP contribution in [0.4, 0.5) is 5.69 Å². The van der Waals surface area contributed by atoms with E-state index >= 15 is 0 Å². The highest BCUT2D eigenvalue weighted by Crippen LogP contribution is 2.27. The number of anilines is 1.